The number of benzene rings is 1. The zero-order valence-corrected chi connectivity index (χ0v) is 13.7. The molecule has 1 fully saturated rings. The molecule has 5 heteroatoms. The summed E-state index contributed by atoms with van der Waals surface area (Å²) in [6.45, 7) is 2.60. The smallest absolute Gasteiger partial charge is 0.223 e. The molecule has 0 atom stereocenters. The van der Waals surface area contributed by atoms with E-state index in [0.29, 0.717) is 32.6 Å². The van der Waals surface area contributed by atoms with Gasteiger partial charge in [-0.3, -0.25) is 9.59 Å². The SMILES string of the molecule is NCCCNC(=O)C1CCN(C(=O)CCc2ccccc2)CC1. The monoisotopic (exact) mass is 317 g/mol. The molecule has 126 valence electrons. The second kappa shape index (κ2) is 9.30. The van der Waals surface area contributed by atoms with Crippen LogP contribution >= 0.6 is 0 Å². The number of carbonyl (C=O) groups excluding carboxylic acids is 2. The van der Waals surface area contributed by atoms with Gasteiger partial charge in [-0.2, -0.15) is 0 Å². The Hall–Kier alpha value is -1.88. The van der Waals surface area contributed by atoms with Gasteiger partial charge in [0.05, 0.1) is 0 Å². The fraction of sp³-hybridized carbons (Fsp3) is 0.556. The Kier molecular flexibility index (Phi) is 7.07. The van der Waals surface area contributed by atoms with E-state index in [0.717, 1.165) is 25.7 Å². The van der Waals surface area contributed by atoms with E-state index in [4.69, 9.17) is 5.73 Å². The summed E-state index contributed by atoms with van der Waals surface area (Å²) in [5.74, 6) is 0.330. The lowest BCUT2D eigenvalue weighted by molar-refractivity contribution is -0.135. The second-order valence-electron chi connectivity index (χ2n) is 6.07. The number of rotatable bonds is 7. The van der Waals surface area contributed by atoms with Crippen LogP contribution in [0.4, 0.5) is 0 Å². The molecule has 2 amide bonds. The molecule has 1 aliphatic rings. The molecule has 0 unspecified atom stereocenters. The van der Waals surface area contributed by atoms with Gasteiger partial charge in [-0.1, -0.05) is 30.3 Å². The van der Waals surface area contributed by atoms with Gasteiger partial charge in [-0.05, 0) is 37.8 Å². The highest BCUT2D eigenvalue weighted by Crippen LogP contribution is 2.18. The fourth-order valence-electron chi connectivity index (χ4n) is 2.90. The lowest BCUT2D eigenvalue weighted by Gasteiger charge is -2.31. The van der Waals surface area contributed by atoms with Gasteiger partial charge in [0.1, 0.15) is 0 Å². The number of nitrogens with zero attached hydrogens (tertiary/aromatic N) is 1. The molecule has 0 aliphatic carbocycles. The van der Waals surface area contributed by atoms with Gasteiger partial charge in [-0.15, -0.1) is 0 Å². The van der Waals surface area contributed by atoms with Gasteiger partial charge in [0, 0.05) is 32.0 Å². The summed E-state index contributed by atoms with van der Waals surface area (Å²) in [5.41, 5.74) is 6.61. The predicted molar refractivity (Wildman–Crippen MR) is 90.7 cm³/mol. The molecular formula is C18H27N3O2. The maximum absolute atomic E-state index is 12.3. The Morgan fingerprint density at radius 2 is 1.87 bits per heavy atom. The first kappa shape index (κ1) is 17.5. The first-order valence-corrected chi connectivity index (χ1v) is 8.50. The summed E-state index contributed by atoms with van der Waals surface area (Å²) in [7, 11) is 0. The third kappa shape index (κ3) is 5.67. The number of amides is 2. The summed E-state index contributed by atoms with van der Waals surface area (Å²) in [5, 5.41) is 2.92. The van der Waals surface area contributed by atoms with Gasteiger partial charge < -0.3 is 16.0 Å². The van der Waals surface area contributed by atoms with Crippen LogP contribution in [0.1, 0.15) is 31.2 Å². The number of carbonyl (C=O) groups is 2. The third-order valence-electron chi connectivity index (χ3n) is 4.37. The Morgan fingerprint density at radius 1 is 1.17 bits per heavy atom. The molecule has 1 aromatic carbocycles. The number of nitrogens with one attached hydrogen (secondary N) is 1. The van der Waals surface area contributed by atoms with Crippen molar-refractivity contribution in [2.75, 3.05) is 26.2 Å². The van der Waals surface area contributed by atoms with Crippen molar-refractivity contribution in [1.82, 2.24) is 10.2 Å². The first-order chi connectivity index (χ1) is 11.2. The van der Waals surface area contributed by atoms with Crippen LogP contribution < -0.4 is 11.1 Å². The van der Waals surface area contributed by atoms with E-state index < -0.39 is 0 Å². The van der Waals surface area contributed by atoms with Crippen molar-refractivity contribution in [1.29, 1.82) is 0 Å². The minimum atomic E-state index is 0.0333. The van der Waals surface area contributed by atoms with Crippen molar-refractivity contribution < 1.29 is 9.59 Å². The van der Waals surface area contributed by atoms with Crippen LogP contribution in [0, 0.1) is 5.92 Å². The van der Waals surface area contributed by atoms with Crippen LogP contribution in [0.3, 0.4) is 0 Å². The lowest BCUT2D eigenvalue weighted by atomic mass is 9.95. The van der Waals surface area contributed by atoms with Crippen molar-refractivity contribution >= 4 is 11.8 Å². The largest absolute Gasteiger partial charge is 0.356 e. The van der Waals surface area contributed by atoms with Crippen molar-refractivity contribution in [3.05, 3.63) is 35.9 Å². The van der Waals surface area contributed by atoms with Gasteiger partial charge in [0.25, 0.3) is 0 Å². The maximum Gasteiger partial charge on any atom is 0.223 e. The first-order valence-electron chi connectivity index (χ1n) is 8.50. The normalized spacial score (nSPS) is 15.4. The van der Waals surface area contributed by atoms with Crippen LogP contribution in [-0.2, 0) is 16.0 Å². The van der Waals surface area contributed by atoms with E-state index in [9.17, 15) is 9.59 Å². The highest BCUT2D eigenvalue weighted by Gasteiger charge is 2.26. The van der Waals surface area contributed by atoms with Gasteiger partial charge in [0.2, 0.25) is 11.8 Å². The molecule has 5 nitrogen and oxygen atoms in total. The molecule has 3 N–H and O–H groups in total. The van der Waals surface area contributed by atoms with Crippen LogP contribution in [0.25, 0.3) is 0 Å². The molecule has 0 saturated carbocycles. The predicted octanol–water partition coefficient (Wildman–Crippen LogP) is 1.32. The Morgan fingerprint density at radius 3 is 2.52 bits per heavy atom. The summed E-state index contributed by atoms with van der Waals surface area (Å²) in [6.07, 6.45) is 3.64. The Labute approximate surface area is 138 Å². The summed E-state index contributed by atoms with van der Waals surface area (Å²) in [4.78, 5) is 26.2. The molecule has 0 spiro atoms. The average Bonchev–Trinajstić information content (AvgIpc) is 2.61. The number of piperidine rings is 1. The van der Waals surface area contributed by atoms with Gasteiger partial charge >= 0.3 is 0 Å². The van der Waals surface area contributed by atoms with E-state index in [1.807, 2.05) is 35.2 Å². The quantitative estimate of drug-likeness (QED) is 0.745. The van der Waals surface area contributed by atoms with Gasteiger partial charge in [-0.25, -0.2) is 0 Å². The van der Waals surface area contributed by atoms with Crippen molar-refractivity contribution in [3.63, 3.8) is 0 Å². The average molecular weight is 317 g/mol. The molecule has 0 bridgehead atoms. The maximum atomic E-state index is 12.3. The molecule has 1 saturated heterocycles. The number of nitrogens with two attached hydrogens (primary N) is 1. The molecule has 0 radical (unpaired) electrons. The minimum Gasteiger partial charge on any atom is -0.356 e. The molecule has 1 aliphatic heterocycles. The van der Waals surface area contributed by atoms with Crippen LogP contribution in [-0.4, -0.2) is 42.9 Å². The topological polar surface area (TPSA) is 75.4 Å². The van der Waals surface area contributed by atoms with Crippen molar-refractivity contribution in [3.8, 4) is 0 Å². The molecule has 1 heterocycles. The molecule has 0 aromatic heterocycles. The standard InChI is InChI=1S/C18H27N3O2/c19-11-4-12-20-18(23)16-9-13-21(14-10-16)17(22)8-7-15-5-2-1-3-6-15/h1-3,5-6,16H,4,7-14,19H2,(H,20,23). The summed E-state index contributed by atoms with van der Waals surface area (Å²) >= 11 is 0. The van der Waals surface area contributed by atoms with Crippen LogP contribution in [0.15, 0.2) is 30.3 Å². The van der Waals surface area contributed by atoms with Crippen molar-refractivity contribution in [2.24, 2.45) is 11.7 Å². The lowest BCUT2D eigenvalue weighted by Crippen LogP contribution is -2.43. The number of likely N-dealkylation sites (tertiary alicyclic amines) is 1. The number of hydrogen-bond donors (Lipinski definition) is 2. The highest BCUT2D eigenvalue weighted by molar-refractivity contribution is 5.80. The van der Waals surface area contributed by atoms with E-state index in [-0.39, 0.29) is 17.7 Å². The highest BCUT2D eigenvalue weighted by atomic mass is 16.2. The zero-order valence-electron chi connectivity index (χ0n) is 13.7. The summed E-state index contributed by atoms with van der Waals surface area (Å²) < 4.78 is 0. The third-order valence-corrected chi connectivity index (χ3v) is 4.37. The van der Waals surface area contributed by atoms with Crippen LogP contribution in [0.2, 0.25) is 0 Å². The zero-order chi connectivity index (χ0) is 16.5. The summed E-state index contributed by atoms with van der Waals surface area (Å²) in [6, 6.07) is 10.1. The second-order valence-corrected chi connectivity index (χ2v) is 6.07. The van der Waals surface area contributed by atoms with E-state index in [2.05, 4.69) is 5.32 Å². The van der Waals surface area contributed by atoms with E-state index in [1.165, 1.54) is 5.56 Å². The fourth-order valence-corrected chi connectivity index (χ4v) is 2.90. The molecule has 2 rings (SSSR count). The molecule has 23 heavy (non-hydrogen) atoms. The number of hydrogen-bond acceptors (Lipinski definition) is 3. The van der Waals surface area contributed by atoms with E-state index in [1.54, 1.807) is 0 Å². The van der Waals surface area contributed by atoms with Crippen LogP contribution in [0.5, 0.6) is 0 Å². The Balaban J connectivity index is 1.69. The van der Waals surface area contributed by atoms with E-state index >= 15 is 0 Å². The Bertz CT molecular complexity index is 496. The number of aryl methyl sites for hydroxylation is 1. The minimum absolute atomic E-state index is 0.0333. The molecular weight excluding hydrogens is 290 g/mol. The van der Waals surface area contributed by atoms with Gasteiger partial charge in [0.15, 0.2) is 0 Å². The molecule has 1 aromatic rings. The van der Waals surface area contributed by atoms with Crippen molar-refractivity contribution in [2.45, 2.75) is 32.1 Å².